The fourth-order valence-electron chi connectivity index (χ4n) is 3.79. The number of hydrogen-bond acceptors (Lipinski definition) is 5. The predicted octanol–water partition coefficient (Wildman–Crippen LogP) is 3.78. The Labute approximate surface area is 191 Å². The summed E-state index contributed by atoms with van der Waals surface area (Å²) in [5.74, 6) is -0.489. The monoisotopic (exact) mass is 461 g/mol. The van der Waals surface area contributed by atoms with Gasteiger partial charge in [0.15, 0.2) is 16.6 Å². The Kier molecular flexibility index (Phi) is 5.57. The summed E-state index contributed by atoms with van der Waals surface area (Å²) < 4.78 is 29.6. The minimum absolute atomic E-state index is 0.277. The molecule has 0 bridgehead atoms. The number of nitrogens with one attached hydrogen (secondary N) is 1. The molecule has 1 unspecified atom stereocenters. The highest BCUT2D eigenvalue weighted by atomic mass is 32.2. The Morgan fingerprint density at radius 1 is 1.15 bits per heavy atom. The molecule has 1 aliphatic rings. The van der Waals surface area contributed by atoms with Gasteiger partial charge in [-0.25, -0.2) is 22.9 Å². The number of carbonyl (C=O) groups is 1. The first-order valence-electron chi connectivity index (χ1n) is 10.4. The third kappa shape index (κ3) is 4.08. The molecule has 0 saturated carbocycles. The maximum Gasteiger partial charge on any atom is 0.265 e. The van der Waals surface area contributed by atoms with Crippen molar-refractivity contribution in [1.29, 1.82) is 0 Å². The number of aromatic nitrogens is 3. The molecule has 0 radical (unpaired) electrons. The number of benzene rings is 2. The molecule has 3 N–H and O–H groups in total. The van der Waals surface area contributed by atoms with Crippen LogP contribution in [-0.4, -0.2) is 41.7 Å². The van der Waals surface area contributed by atoms with Crippen molar-refractivity contribution in [3.63, 3.8) is 0 Å². The van der Waals surface area contributed by atoms with Crippen molar-refractivity contribution in [2.24, 2.45) is 5.73 Å². The van der Waals surface area contributed by atoms with Crippen molar-refractivity contribution in [2.75, 3.05) is 13.1 Å². The quantitative estimate of drug-likeness (QED) is 0.481. The van der Waals surface area contributed by atoms with E-state index in [2.05, 4.69) is 15.0 Å². The zero-order valence-corrected chi connectivity index (χ0v) is 18.3. The minimum atomic E-state index is -1.87. The highest BCUT2D eigenvalue weighted by molar-refractivity contribution is 7.98. The highest BCUT2D eigenvalue weighted by Crippen LogP contribution is 2.30. The summed E-state index contributed by atoms with van der Waals surface area (Å²) in [4.78, 5) is 24.8. The molecule has 3 heterocycles. The maximum atomic E-state index is 15.1. The largest absolute Gasteiger partial charge is 0.402 e. The summed E-state index contributed by atoms with van der Waals surface area (Å²) in [6.07, 6.45) is 5.56. The van der Waals surface area contributed by atoms with E-state index >= 15 is 4.39 Å². The van der Waals surface area contributed by atoms with Crippen molar-refractivity contribution in [3.8, 4) is 22.4 Å². The molecule has 7 nitrogen and oxygen atoms in total. The third-order valence-electron chi connectivity index (χ3n) is 5.56. The number of carbonyl (C=O) groups excluding carboxylic acids is 1. The van der Waals surface area contributed by atoms with Gasteiger partial charge in [-0.2, -0.15) is 0 Å². The normalized spacial score (nSPS) is 15.4. The zero-order chi connectivity index (χ0) is 22.9. The van der Waals surface area contributed by atoms with Crippen LogP contribution in [0.2, 0.25) is 0 Å². The topological polar surface area (TPSA) is 105 Å². The van der Waals surface area contributed by atoms with Gasteiger partial charge in [-0.1, -0.05) is 30.3 Å². The molecular formula is C24H20FN5O2S. The molecule has 1 aliphatic heterocycles. The maximum absolute atomic E-state index is 15.1. The van der Waals surface area contributed by atoms with Gasteiger partial charge in [-0.05, 0) is 35.4 Å². The van der Waals surface area contributed by atoms with Gasteiger partial charge >= 0.3 is 0 Å². The third-order valence-corrected chi connectivity index (χ3v) is 6.90. The number of fused-ring (bicyclic) bond motifs is 1. The average molecular weight is 462 g/mol. The van der Waals surface area contributed by atoms with Gasteiger partial charge in [0.05, 0.1) is 11.9 Å². The Hall–Kier alpha value is -3.69. The lowest BCUT2D eigenvalue weighted by Crippen LogP contribution is -2.35. The molecule has 9 heteroatoms. The molecule has 0 saturated heterocycles. The Morgan fingerprint density at radius 2 is 2.00 bits per heavy atom. The van der Waals surface area contributed by atoms with E-state index in [-0.39, 0.29) is 5.56 Å². The van der Waals surface area contributed by atoms with Crippen molar-refractivity contribution < 1.29 is 13.4 Å². The standard InChI is InChI=1S/C24H20FN5O2S/c25-20-13-15(5-6-19(20)22-14-28-23-21(29-22)7-10-27-23)17-3-1-2-4-18(17)24(31)33(32)30-11-8-16(26)9-12-30/h1-8,10,13-14H,9,11-12,26H2,(H,27,28). The summed E-state index contributed by atoms with van der Waals surface area (Å²) >= 11 is 0. The van der Waals surface area contributed by atoms with Crippen LogP contribution in [-0.2, 0) is 11.0 Å². The lowest BCUT2D eigenvalue weighted by Gasteiger charge is -2.23. The lowest BCUT2D eigenvalue weighted by molar-refractivity contribution is 0.107. The number of aromatic amines is 1. The van der Waals surface area contributed by atoms with Gasteiger partial charge in [0.1, 0.15) is 11.3 Å². The van der Waals surface area contributed by atoms with E-state index in [4.69, 9.17) is 5.73 Å². The van der Waals surface area contributed by atoms with Crippen molar-refractivity contribution in [2.45, 2.75) is 6.42 Å². The van der Waals surface area contributed by atoms with E-state index < -0.39 is 21.9 Å². The fourth-order valence-corrected chi connectivity index (χ4v) is 4.86. The molecular weight excluding hydrogens is 441 g/mol. The number of halogens is 1. The molecule has 2 aromatic carbocycles. The van der Waals surface area contributed by atoms with E-state index in [9.17, 15) is 9.00 Å². The molecule has 2 aromatic heterocycles. The summed E-state index contributed by atoms with van der Waals surface area (Å²) in [7, 11) is -1.87. The van der Waals surface area contributed by atoms with Crippen LogP contribution in [0.1, 0.15) is 16.8 Å². The molecule has 166 valence electrons. The smallest absolute Gasteiger partial charge is 0.265 e. The Bertz CT molecular complexity index is 1430. The van der Waals surface area contributed by atoms with Gasteiger partial charge in [-0.3, -0.25) is 4.79 Å². The second-order valence-electron chi connectivity index (χ2n) is 7.66. The van der Waals surface area contributed by atoms with Gasteiger partial charge in [-0.15, -0.1) is 0 Å². The van der Waals surface area contributed by atoms with Gasteiger partial charge in [0, 0.05) is 42.5 Å². The zero-order valence-electron chi connectivity index (χ0n) is 17.5. The van der Waals surface area contributed by atoms with Crippen LogP contribution in [0.5, 0.6) is 0 Å². The number of nitrogens with two attached hydrogens (primary N) is 1. The first-order chi connectivity index (χ1) is 16.0. The van der Waals surface area contributed by atoms with E-state index in [1.165, 1.54) is 12.3 Å². The molecule has 0 aliphatic carbocycles. The second kappa shape index (κ2) is 8.68. The second-order valence-corrected chi connectivity index (χ2v) is 9.05. The molecule has 0 fully saturated rings. The van der Waals surface area contributed by atoms with E-state index in [0.29, 0.717) is 53.1 Å². The van der Waals surface area contributed by atoms with Crippen LogP contribution >= 0.6 is 0 Å². The summed E-state index contributed by atoms with van der Waals surface area (Å²) in [5, 5.41) is -0.521. The SMILES string of the molecule is NC1=CCN(S(=O)C(=O)c2ccccc2-c2ccc(-c3cnc4[nH]ccc4n3)c(F)c2)CC1. The number of hydrogen-bond donors (Lipinski definition) is 2. The van der Waals surface area contributed by atoms with Crippen LogP contribution in [0, 0.1) is 5.82 Å². The van der Waals surface area contributed by atoms with Crippen molar-refractivity contribution >= 4 is 27.3 Å². The van der Waals surface area contributed by atoms with Crippen LogP contribution in [0.3, 0.4) is 0 Å². The van der Waals surface area contributed by atoms with Crippen LogP contribution < -0.4 is 5.73 Å². The lowest BCUT2D eigenvalue weighted by atomic mass is 9.98. The van der Waals surface area contributed by atoms with Crippen molar-refractivity contribution in [1.82, 2.24) is 19.3 Å². The molecule has 1 atom stereocenters. The number of H-pyrrole nitrogens is 1. The summed E-state index contributed by atoms with van der Waals surface area (Å²) in [6, 6.07) is 13.3. The highest BCUT2D eigenvalue weighted by Gasteiger charge is 2.26. The Morgan fingerprint density at radius 3 is 2.79 bits per heavy atom. The molecule has 0 spiro atoms. The summed E-state index contributed by atoms with van der Waals surface area (Å²) in [6.45, 7) is 0.793. The minimum Gasteiger partial charge on any atom is -0.402 e. The first kappa shape index (κ1) is 21.2. The van der Waals surface area contributed by atoms with Crippen LogP contribution in [0.25, 0.3) is 33.5 Å². The van der Waals surface area contributed by atoms with E-state index in [1.54, 1.807) is 59.0 Å². The molecule has 5 rings (SSSR count). The fraction of sp³-hybridized carbons (Fsp3) is 0.125. The van der Waals surface area contributed by atoms with Crippen molar-refractivity contribution in [3.05, 3.63) is 84.1 Å². The molecule has 4 aromatic rings. The predicted molar refractivity (Wildman–Crippen MR) is 126 cm³/mol. The molecule has 0 amide bonds. The Balaban J connectivity index is 1.47. The average Bonchev–Trinajstić information content (AvgIpc) is 3.31. The number of rotatable bonds is 4. The molecule has 33 heavy (non-hydrogen) atoms. The van der Waals surface area contributed by atoms with Gasteiger partial charge in [0.25, 0.3) is 5.12 Å². The van der Waals surface area contributed by atoms with Crippen LogP contribution in [0.15, 0.2) is 72.7 Å². The van der Waals surface area contributed by atoms with E-state index in [0.717, 1.165) is 5.70 Å². The van der Waals surface area contributed by atoms with Crippen LogP contribution in [0.4, 0.5) is 4.39 Å². The van der Waals surface area contributed by atoms with E-state index in [1.807, 2.05) is 0 Å². The number of nitrogens with zero attached hydrogens (tertiary/aromatic N) is 3. The van der Waals surface area contributed by atoms with Gasteiger partial charge < -0.3 is 10.7 Å². The van der Waals surface area contributed by atoms with Gasteiger partial charge in [0.2, 0.25) is 0 Å². The summed E-state index contributed by atoms with van der Waals surface area (Å²) in [5.41, 5.74) is 9.80. The first-order valence-corrected chi connectivity index (χ1v) is 11.5.